The predicted molar refractivity (Wildman–Crippen MR) is 67.0 cm³/mol. The second-order valence-corrected chi connectivity index (χ2v) is 4.13. The molecule has 0 aromatic heterocycles. The molecule has 2 aromatic carbocycles. The first-order chi connectivity index (χ1) is 7.70. The van der Waals surface area contributed by atoms with Gasteiger partial charge in [-0.1, -0.05) is 47.5 Å². The molecule has 0 amide bonds. The standard InChI is InChI=1S/C14H11ClO/c1-10-3-2-4-11(7-10)12-5-6-13(9-16)14(15)8-12/h2-9H,1H3. The zero-order valence-electron chi connectivity index (χ0n) is 8.91. The van der Waals surface area contributed by atoms with Crippen LogP contribution >= 0.6 is 11.6 Å². The number of benzene rings is 2. The van der Waals surface area contributed by atoms with E-state index in [1.54, 1.807) is 6.07 Å². The van der Waals surface area contributed by atoms with Crippen LogP contribution in [0.1, 0.15) is 15.9 Å². The van der Waals surface area contributed by atoms with Gasteiger partial charge in [-0.05, 0) is 30.2 Å². The number of carbonyl (C=O) groups is 1. The smallest absolute Gasteiger partial charge is 0.151 e. The molecular formula is C14H11ClO. The highest BCUT2D eigenvalue weighted by atomic mass is 35.5. The molecule has 0 fully saturated rings. The van der Waals surface area contributed by atoms with Gasteiger partial charge in [0, 0.05) is 5.56 Å². The third-order valence-corrected chi connectivity index (χ3v) is 2.81. The van der Waals surface area contributed by atoms with E-state index in [-0.39, 0.29) is 0 Å². The van der Waals surface area contributed by atoms with Crippen LogP contribution in [-0.2, 0) is 0 Å². The molecule has 0 bridgehead atoms. The number of rotatable bonds is 2. The van der Waals surface area contributed by atoms with Gasteiger partial charge in [0.25, 0.3) is 0 Å². The first-order valence-corrected chi connectivity index (χ1v) is 5.40. The molecule has 1 nitrogen and oxygen atoms in total. The molecular weight excluding hydrogens is 220 g/mol. The van der Waals surface area contributed by atoms with Crippen molar-refractivity contribution in [2.24, 2.45) is 0 Å². The Kier molecular flexibility index (Phi) is 3.07. The Labute approximate surface area is 99.7 Å². The van der Waals surface area contributed by atoms with Crippen LogP contribution in [-0.4, -0.2) is 6.29 Å². The van der Waals surface area contributed by atoms with Gasteiger partial charge in [0.15, 0.2) is 6.29 Å². The Hall–Kier alpha value is -1.60. The zero-order valence-corrected chi connectivity index (χ0v) is 9.66. The topological polar surface area (TPSA) is 17.1 Å². The molecule has 0 saturated carbocycles. The van der Waals surface area contributed by atoms with Gasteiger partial charge in [0.05, 0.1) is 5.02 Å². The minimum atomic E-state index is 0.494. The summed E-state index contributed by atoms with van der Waals surface area (Å²) in [6.45, 7) is 2.05. The van der Waals surface area contributed by atoms with Gasteiger partial charge in [-0.3, -0.25) is 4.79 Å². The van der Waals surface area contributed by atoms with Crippen LogP contribution in [0, 0.1) is 6.92 Å². The van der Waals surface area contributed by atoms with E-state index in [2.05, 4.69) is 6.07 Å². The summed E-state index contributed by atoms with van der Waals surface area (Å²) in [5, 5.41) is 0.494. The first kappa shape index (κ1) is 10.9. The van der Waals surface area contributed by atoms with Crippen molar-refractivity contribution in [3.05, 3.63) is 58.6 Å². The zero-order chi connectivity index (χ0) is 11.5. The minimum Gasteiger partial charge on any atom is -0.298 e. The van der Waals surface area contributed by atoms with Crippen LogP contribution in [0.2, 0.25) is 5.02 Å². The van der Waals surface area contributed by atoms with Crippen molar-refractivity contribution in [3.63, 3.8) is 0 Å². The van der Waals surface area contributed by atoms with Gasteiger partial charge in [-0.15, -0.1) is 0 Å². The van der Waals surface area contributed by atoms with Crippen molar-refractivity contribution in [2.75, 3.05) is 0 Å². The SMILES string of the molecule is Cc1cccc(-c2ccc(C=O)c(Cl)c2)c1. The maximum absolute atomic E-state index is 10.6. The van der Waals surface area contributed by atoms with Gasteiger partial charge >= 0.3 is 0 Å². The van der Waals surface area contributed by atoms with E-state index in [0.717, 1.165) is 17.4 Å². The van der Waals surface area contributed by atoms with Gasteiger partial charge < -0.3 is 0 Å². The molecule has 0 atom stereocenters. The lowest BCUT2D eigenvalue weighted by atomic mass is 10.0. The molecule has 0 saturated heterocycles. The average molecular weight is 231 g/mol. The molecule has 16 heavy (non-hydrogen) atoms. The summed E-state index contributed by atoms with van der Waals surface area (Å²) in [4.78, 5) is 10.6. The highest BCUT2D eigenvalue weighted by Gasteiger charge is 2.02. The number of hydrogen-bond donors (Lipinski definition) is 0. The fourth-order valence-electron chi connectivity index (χ4n) is 1.63. The molecule has 2 aromatic rings. The van der Waals surface area contributed by atoms with Crippen molar-refractivity contribution in [3.8, 4) is 11.1 Å². The molecule has 0 spiro atoms. The van der Waals surface area contributed by atoms with Crippen molar-refractivity contribution >= 4 is 17.9 Å². The lowest BCUT2D eigenvalue weighted by Gasteiger charge is -2.04. The van der Waals surface area contributed by atoms with Crippen molar-refractivity contribution < 1.29 is 4.79 Å². The summed E-state index contributed by atoms with van der Waals surface area (Å²) < 4.78 is 0. The molecule has 0 aliphatic heterocycles. The lowest BCUT2D eigenvalue weighted by molar-refractivity contribution is 0.112. The summed E-state index contributed by atoms with van der Waals surface area (Å²) >= 11 is 5.99. The Morgan fingerprint density at radius 2 is 1.81 bits per heavy atom. The number of carbonyl (C=O) groups excluding carboxylic acids is 1. The van der Waals surface area contributed by atoms with Crippen LogP contribution in [0.5, 0.6) is 0 Å². The summed E-state index contributed by atoms with van der Waals surface area (Å²) in [6.07, 6.45) is 0.766. The van der Waals surface area contributed by atoms with Crippen LogP contribution in [0.15, 0.2) is 42.5 Å². The third-order valence-electron chi connectivity index (χ3n) is 2.48. The van der Waals surface area contributed by atoms with Crippen LogP contribution in [0.4, 0.5) is 0 Å². The summed E-state index contributed by atoms with van der Waals surface area (Å²) in [5.74, 6) is 0. The normalized spacial score (nSPS) is 10.1. The molecule has 0 aliphatic rings. The second kappa shape index (κ2) is 4.50. The van der Waals surface area contributed by atoms with Crippen molar-refractivity contribution in [1.82, 2.24) is 0 Å². The van der Waals surface area contributed by atoms with Crippen molar-refractivity contribution in [2.45, 2.75) is 6.92 Å². The van der Waals surface area contributed by atoms with Crippen molar-refractivity contribution in [1.29, 1.82) is 0 Å². The maximum Gasteiger partial charge on any atom is 0.151 e. The monoisotopic (exact) mass is 230 g/mol. The molecule has 0 radical (unpaired) electrons. The van der Waals surface area contributed by atoms with E-state index >= 15 is 0 Å². The average Bonchev–Trinajstić information content (AvgIpc) is 2.29. The number of hydrogen-bond acceptors (Lipinski definition) is 1. The molecule has 0 N–H and O–H groups in total. The minimum absolute atomic E-state index is 0.494. The van der Waals surface area contributed by atoms with Gasteiger partial charge in [-0.25, -0.2) is 0 Å². The number of aryl methyl sites for hydroxylation is 1. The van der Waals surface area contributed by atoms with Crippen LogP contribution < -0.4 is 0 Å². The number of aldehydes is 1. The fourth-order valence-corrected chi connectivity index (χ4v) is 1.85. The Morgan fingerprint density at radius 3 is 2.44 bits per heavy atom. The number of halogens is 1. The van der Waals surface area contributed by atoms with E-state index in [0.29, 0.717) is 10.6 Å². The molecule has 0 aliphatic carbocycles. The van der Waals surface area contributed by atoms with Crippen LogP contribution in [0.25, 0.3) is 11.1 Å². The summed E-state index contributed by atoms with van der Waals surface area (Å²) in [5.41, 5.74) is 3.87. The Balaban J connectivity index is 2.49. The predicted octanol–water partition coefficient (Wildman–Crippen LogP) is 4.13. The first-order valence-electron chi connectivity index (χ1n) is 5.02. The molecule has 0 heterocycles. The molecule has 80 valence electrons. The van der Waals surface area contributed by atoms with E-state index in [1.807, 2.05) is 37.3 Å². The van der Waals surface area contributed by atoms with E-state index in [4.69, 9.17) is 11.6 Å². The quantitative estimate of drug-likeness (QED) is 0.709. The third kappa shape index (κ3) is 2.15. The Bertz CT molecular complexity index is 532. The van der Waals surface area contributed by atoms with Crippen LogP contribution in [0.3, 0.4) is 0 Å². The molecule has 2 heteroatoms. The summed E-state index contributed by atoms with van der Waals surface area (Å²) in [7, 11) is 0. The summed E-state index contributed by atoms with van der Waals surface area (Å²) in [6, 6.07) is 13.6. The lowest BCUT2D eigenvalue weighted by Crippen LogP contribution is -1.84. The van der Waals surface area contributed by atoms with E-state index in [1.165, 1.54) is 5.56 Å². The fraction of sp³-hybridized carbons (Fsp3) is 0.0714. The maximum atomic E-state index is 10.6. The largest absolute Gasteiger partial charge is 0.298 e. The van der Waals surface area contributed by atoms with E-state index < -0.39 is 0 Å². The van der Waals surface area contributed by atoms with E-state index in [9.17, 15) is 4.79 Å². The highest BCUT2D eigenvalue weighted by Crippen LogP contribution is 2.25. The molecule has 2 rings (SSSR count). The van der Waals surface area contributed by atoms with Gasteiger partial charge in [0.2, 0.25) is 0 Å². The molecule has 0 unspecified atom stereocenters. The Morgan fingerprint density at radius 1 is 1.06 bits per heavy atom. The second-order valence-electron chi connectivity index (χ2n) is 3.72. The van der Waals surface area contributed by atoms with Gasteiger partial charge in [0.1, 0.15) is 0 Å². The highest BCUT2D eigenvalue weighted by molar-refractivity contribution is 6.33. The van der Waals surface area contributed by atoms with Gasteiger partial charge in [-0.2, -0.15) is 0 Å².